The molecule has 3 rings (SSSR count). The van der Waals surface area contributed by atoms with E-state index in [4.69, 9.17) is 51.0 Å². The fourth-order valence-electron chi connectivity index (χ4n) is 6.82. The fourth-order valence-corrected chi connectivity index (χ4v) is 6.82. The van der Waals surface area contributed by atoms with E-state index < -0.39 is 41.3 Å². The maximum atomic E-state index is 14.6. The lowest BCUT2D eigenvalue weighted by Crippen LogP contribution is -2.41. The number of guanidine groups is 2. The van der Waals surface area contributed by atoms with Crippen molar-refractivity contribution in [2.45, 2.75) is 104 Å². The topological polar surface area (TPSA) is 318 Å². The molecule has 3 aromatic rings. The summed E-state index contributed by atoms with van der Waals surface area (Å²) in [6.07, 6.45) is 6.17. The molecule has 0 aliphatic heterocycles. The van der Waals surface area contributed by atoms with Crippen LogP contribution < -0.4 is 53.2 Å². The maximum Gasteiger partial charge on any atom is 0.328 e. The van der Waals surface area contributed by atoms with Gasteiger partial charge < -0.3 is 66.8 Å². The van der Waals surface area contributed by atoms with Crippen molar-refractivity contribution in [3.05, 3.63) is 56.8 Å². The number of benzene rings is 2. The van der Waals surface area contributed by atoms with Gasteiger partial charge in [-0.2, -0.15) is 0 Å². The Kier molecular flexibility index (Phi) is 21.6. The van der Waals surface area contributed by atoms with Crippen LogP contribution in [0.1, 0.15) is 90.2 Å². The first-order valence-corrected chi connectivity index (χ1v) is 21.6. The summed E-state index contributed by atoms with van der Waals surface area (Å²) in [5, 5.41) is 17.3. The zero-order valence-corrected chi connectivity index (χ0v) is 39.0. The summed E-state index contributed by atoms with van der Waals surface area (Å²) in [6.45, 7) is 8.28. The Balaban J connectivity index is 1.93. The molecule has 0 spiro atoms. The molecule has 0 aliphatic carbocycles. The van der Waals surface area contributed by atoms with Crippen LogP contribution in [0.5, 0.6) is 23.0 Å². The van der Waals surface area contributed by atoms with Crippen molar-refractivity contribution >= 4 is 57.6 Å². The normalized spacial score (nSPS) is 11.7. The number of nitrogens with zero attached hydrogens (tertiary/aromatic N) is 2. The number of phenols is 1. The minimum atomic E-state index is -0.893. The smallest absolute Gasteiger partial charge is 0.328 e. The number of hydrogen-bond acceptors (Lipinski definition) is 14. The van der Waals surface area contributed by atoms with E-state index in [0.717, 1.165) is 11.1 Å². The monoisotopic (exact) mass is 922 g/mol. The summed E-state index contributed by atoms with van der Waals surface area (Å²) in [6, 6.07) is 1.29. The van der Waals surface area contributed by atoms with E-state index in [1.807, 2.05) is 39.8 Å². The molecule has 0 saturated heterocycles. The van der Waals surface area contributed by atoms with E-state index in [0.29, 0.717) is 24.0 Å². The Bertz CT molecular complexity index is 2360. The van der Waals surface area contributed by atoms with Gasteiger partial charge in [0.2, 0.25) is 17.2 Å². The number of nitrogens with two attached hydrogens (primary N) is 4. The number of allylic oxidation sites excluding steroid dienone is 4. The maximum absolute atomic E-state index is 14.6. The Morgan fingerprint density at radius 1 is 0.697 bits per heavy atom. The molecule has 66 heavy (non-hydrogen) atoms. The third-order valence-corrected chi connectivity index (χ3v) is 10.1. The predicted molar refractivity (Wildman–Crippen MR) is 252 cm³/mol. The molecule has 0 bridgehead atoms. The van der Waals surface area contributed by atoms with Gasteiger partial charge in [0.1, 0.15) is 40.1 Å². The number of ether oxygens (including phenoxy) is 5. The number of amides is 2. The highest BCUT2D eigenvalue weighted by atomic mass is 16.5. The Hall–Kier alpha value is -6.99. The fraction of sp³-hybridized carbons (Fsp3) is 0.500. The zero-order valence-electron chi connectivity index (χ0n) is 39.0. The Labute approximate surface area is 384 Å². The number of aromatic hydroxyl groups is 1. The van der Waals surface area contributed by atoms with Crippen molar-refractivity contribution in [1.82, 2.24) is 10.6 Å². The summed E-state index contributed by atoms with van der Waals surface area (Å²) in [5.41, 5.74) is 23.9. The number of esters is 2. The first-order chi connectivity index (χ1) is 31.4. The zero-order chi connectivity index (χ0) is 48.9. The highest BCUT2D eigenvalue weighted by Crippen LogP contribution is 2.42. The summed E-state index contributed by atoms with van der Waals surface area (Å²) in [5.74, 6) is -1.69. The van der Waals surface area contributed by atoms with E-state index in [1.165, 1.54) is 33.5 Å². The SMILES string of the molecule is COC(=O)[C@@H](CCCN=C(N)N)NC(=O)CCCOc1cc2oc3cc(OCCCC(=O)N[C@H](CCCN=C(N)N)C(=O)OC)c(OC)c(CC=C(C)C)c3c(=O)c2c(O)c1CC=C(C)C. The molecule has 20 nitrogen and oxygen atoms in total. The number of nitrogens with one attached hydrogen (secondary N) is 2. The molecule has 0 radical (unpaired) electrons. The van der Waals surface area contributed by atoms with Crippen LogP contribution >= 0.6 is 0 Å². The van der Waals surface area contributed by atoms with Gasteiger partial charge in [-0.3, -0.25) is 24.4 Å². The molecular weight excluding hydrogens is 857 g/mol. The third-order valence-electron chi connectivity index (χ3n) is 10.1. The van der Waals surface area contributed by atoms with Gasteiger partial charge in [-0.15, -0.1) is 0 Å². The Morgan fingerprint density at radius 3 is 1.61 bits per heavy atom. The summed E-state index contributed by atoms with van der Waals surface area (Å²) in [4.78, 5) is 72.8. The molecule has 0 aliphatic rings. The first kappa shape index (κ1) is 53.3. The van der Waals surface area contributed by atoms with Crippen LogP contribution in [0.25, 0.3) is 21.9 Å². The Morgan fingerprint density at radius 2 is 1.15 bits per heavy atom. The molecular formula is C46H66N8O12. The van der Waals surface area contributed by atoms with Gasteiger partial charge in [0.15, 0.2) is 23.4 Å². The number of methoxy groups -OCH3 is 3. The summed E-state index contributed by atoms with van der Waals surface area (Å²) < 4.78 is 34.3. The molecule has 2 aromatic carbocycles. The number of phenolic OH excluding ortho intramolecular Hbond substituents is 1. The number of fused-ring (bicyclic) bond motifs is 2. The minimum absolute atomic E-state index is 0.00351. The molecule has 2 amide bonds. The quantitative estimate of drug-likeness (QED) is 0.0144. The predicted octanol–water partition coefficient (Wildman–Crippen LogP) is 3.42. The largest absolute Gasteiger partial charge is 0.507 e. The minimum Gasteiger partial charge on any atom is -0.507 e. The van der Waals surface area contributed by atoms with Gasteiger partial charge in [0.05, 0.1) is 39.9 Å². The number of rotatable bonds is 27. The molecule has 2 atom stereocenters. The summed E-state index contributed by atoms with van der Waals surface area (Å²) in [7, 11) is 3.92. The highest BCUT2D eigenvalue weighted by Gasteiger charge is 2.26. The van der Waals surface area contributed by atoms with Gasteiger partial charge in [-0.05, 0) is 79.1 Å². The van der Waals surface area contributed by atoms with E-state index in [-0.39, 0.29) is 135 Å². The van der Waals surface area contributed by atoms with Crippen molar-refractivity contribution in [2.75, 3.05) is 47.6 Å². The molecule has 1 aromatic heterocycles. The van der Waals surface area contributed by atoms with E-state index >= 15 is 0 Å². The lowest BCUT2D eigenvalue weighted by Gasteiger charge is -2.18. The van der Waals surface area contributed by atoms with Crippen molar-refractivity contribution in [2.24, 2.45) is 32.9 Å². The van der Waals surface area contributed by atoms with E-state index in [1.54, 1.807) is 0 Å². The van der Waals surface area contributed by atoms with Crippen molar-refractivity contribution in [3.63, 3.8) is 0 Å². The van der Waals surface area contributed by atoms with Gasteiger partial charge >= 0.3 is 11.9 Å². The molecule has 0 saturated carbocycles. The summed E-state index contributed by atoms with van der Waals surface area (Å²) >= 11 is 0. The second-order valence-corrected chi connectivity index (χ2v) is 15.8. The van der Waals surface area contributed by atoms with Crippen LogP contribution in [-0.4, -0.2) is 100 Å². The van der Waals surface area contributed by atoms with Crippen molar-refractivity contribution < 1.29 is 52.4 Å². The van der Waals surface area contributed by atoms with E-state index in [2.05, 4.69) is 20.6 Å². The molecule has 362 valence electrons. The molecule has 20 heteroatoms. The van der Waals surface area contributed by atoms with Crippen molar-refractivity contribution in [3.8, 4) is 23.0 Å². The van der Waals surface area contributed by atoms with Crippen LogP contribution in [-0.2, 0) is 41.5 Å². The lowest BCUT2D eigenvalue weighted by atomic mass is 9.98. The standard InChI is InChI=1S/C46H66N8O12/c1-26(2)16-18-28-32(64-22-10-14-36(55)53-30(43(59)62-6)12-8-20-51-45(47)48)24-34-39(40(28)57)41(58)38-29(19-17-27(3)4)42(61-5)35(25-33(38)66-34)65-23-11-15-37(56)54-31(44(60)63-7)13-9-21-52-46(49)50/h16-17,24-25,30-31,57H,8-15,18-23H2,1-7H3,(H,53,55)(H,54,56)(H4,47,48,51)(H4,49,50,52)/t30-,31-/m1/s1. The number of carbonyl (C=O) groups is 4. The number of carbonyl (C=O) groups excluding carboxylic acids is 4. The van der Waals surface area contributed by atoms with Crippen LogP contribution in [0.4, 0.5) is 0 Å². The van der Waals surface area contributed by atoms with Gasteiger partial charge in [0.25, 0.3) is 0 Å². The van der Waals surface area contributed by atoms with Crippen LogP contribution in [0.3, 0.4) is 0 Å². The average molecular weight is 923 g/mol. The highest BCUT2D eigenvalue weighted by molar-refractivity contribution is 5.98. The van der Waals surface area contributed by atoms with Crippen LogP contribution in [0.2, 0.25) is 0 Å². The molecule has 0 fully saturated rings. The van der Waals surface area contributed by atoms with Gasteiger partial charge in [-0.25, -0.2) is 9.59 Å². The number of hydrogen-bond donors (Lipinski definition) is 7. The second-order valence-electron chi connectivity index (χ2n) is 15.8. The lowest BCUT2D eigenvalue weighted by molar-refractivity contribution is -0.145. The van der Waals surface area contributed by atoms with Gasteiger partial charge in [0, 0.05) is 49.2 Å². The van der Waals surface area contributed by atoms with Crippen LogP contribution in [0.15, 0.2) is 54.6 Å². The third kappa shape index (κ3) is 16.2. The van der Waals surface area contributed by atoms with E-state index in [9.17, 15) is 29.1 Å². The first-order valence-electron chi connectivity index (χ1n) is 21.6. The second kappa shape index (κ2) is 26.7. The molecule has 11 N–H and O–H groups in total. The van der Waals surface area contributed by atoms with Crippen LogP contribution in [0, 0.1) is 0 Å². The number of aliphatic imine (C=N–C) groups is 2. The molecule has 1 heterocycles. The van der Waals surface area contributed by atoms with Crippen molar-refractivity contribution in [1.29, 1.82) is 0 Å². The average Bonchev–Trinajstić information content (AvgIpc) is 3.26. The van der Waals surface area contributed by atoms with Gasteiger partial charge in [-0.1, -0.05) is 23.3 Å². The molecule has 0 unspecified atom stereocenters.